The Balaban J connectivity index is 2.10. The van der Waals surface area contributed by atoms with Crippen molar-refractivity contribution < 1.29 is 63.0 Å². The first-order valence-electron chi connectivity index (χ1n) is 13.5. The average Bonchev–Trinajstić information content (AvgIpc) is 2.96. The van der Waals surface area contributed by atoms with Crippen molar-refractivity contribution in [1.29, 1.82) is 0 Å². The van der Waals surface area contributed by atoms with E-state index >= 15 is 0 Å². The van der Waals surface area contributed by atoms with Gasteiger partial charge in [0.25, 0.3) is 0 Å². The number of nitrogens with one attached hydrogen (secondary N) is 2. The smallest absolute Gasteiger partial charge is 0.407 e. The second kappa shape index (κ2) is 17.2. The summed E-state index contributed by atoms with van der Waals surface area (Å²) in [6, 6.07) is 1.43. The Kier molecular flexibility index (Phi) is 14.1. The number of aliphatic hydroxyl groups is 2. The van der Waals surface area contributed by atoms with Crippen LogP contribution in [0.2, 0.25) is 0 Å². The lowest BCUT2D eigenvalue weighted by atomic mass is 9.93. The van der Waals surface area contributed by atoms with E-state index < -0.39 is 74.0 Å². The van der Waals surface area contributed by atoms with Crippen LogP contribution in [0.25, 0.3) is 6.08 Å². The summed E-state index contributed by atoms with van der Waals surface area (Å²) in [5.41, 5.74) is 10.8. The average molecular weight is 660 g/mol. The fraction of sp³-hybridized carbons (Fsp3) is 0.462. The molecule has 45 heavy (non-hydrogen) atoms. The predicted octanol–water partition coefficient (Wildman–Crippen LogP) is -0.899. The highest BCUT2D eigenvalue weighted by atomic mass is 31.2. The molecule has 0 saturated carbocycles. The number of hydrogen-bond donors (Lipinski definition) is 9. The van der Waals surface area contributed by atoms with Crippen LogP contribution in [-0.2, 0) is 32.9 Å². The number of benzene rings is 1. The molecule has 250 valence electrons. The van der Waals surface area contributed by atoms with Crippen molar-refractivity contribution in [3.05, 3.63) is 41.4 Å². The van der Waals surface area contributed by atoms with Crippen LogP contribution in [0.5, 0.6) is 11.5 Å². The number of phenolic OH excluding ortho intramolecular Hbond substituents is 2. The van der Waals surface area contributed by atoms with Gasteiger partial charge in [0.15, 0.2) is 29.7 Å². The second-order valence-corrected chi connectivity index (χ2v) is 11.2. The summed E-state index contributed by atoms with van der Waals surface area (Å²) in [7, 11) is -4.61. The number of esters is 1. The Morgan fingerprint density at radius 2 is 1.93 bits per heavy atom. The summed E-state index contributed by atoms with van der Waals surface area (Å²) in [4.78, 5) is 51.0. The molecule has 0 spiro atoms. The zero-order valence-corrected chi connectivity index (χ0v) is 25.3. The van der Waals surface area contributed by atoms with Gasteiger partial charge in [0.2, 0.25) is 11.4 Å². The molecule has 6 atom stereocenters. The number of nitrogens with zero attached hydrogens (tertiary/aromatic N) is 1. The first-order valence-corrected chi connectivity index (χ1v) is 15.1. The Labute approximate surface area is 257 Å². The molecule has 1 aliphatic heterocycles. The van der Waals surface area contributed by atoms with Gasteiger partial charge in [-0.15, -0.1) is 0 Å². The maximum atomic E-state index is 12.8. The van der Waals surface area contributed by atoms with Gasteiger partial charge in [0.1, 0.15) is 6.10 Å². The normalized spacial score (nSPS) is 20.5. The van der Waals surface area contributed by atoms with Gasteiger partial charge < -0.3 is 66.2 Å². The van der Waals surface area contributed by atoms with E-state index in [1.165, 1.54) is 31.2 Å². The molecule has 2 rings (SSSR count). The Morgan fingerprint density at radius 1 is 1.22 bits per heavy atom. The lowest BCUT2D eigenvalue weighted by Gasteiger charge is -2.40. The number of rotatable bonds is 15. The number of guanidine groups is 1. The maximum Gasteiger partial charge on any atom is 0.407 e. The zero-order chi connectivity index (χ0) is 33.7. The summed E-state index contributed by atoms with van der Waals surface area (Å²) in [5.74, 6) is -2.48. The summed E-state index contributed by atoms with van der Waals surface area (Å²) < 4.78 is 33.7. The molecule has 11 N–H and O–H groups in total. The van der Waals surface area contributed by atoms with E-state index in [1.807, 2.05) is 0 Å². The molecule has 1 heterocycles. The summed E-state index contributed by atoms with van der Waals surface area (Å²) in [6.45, 7) is 1.24. The molecule has 18 nitrogen and oxygen atoms in total. The largest absolute Gasteiger partial charge is 0.504 e. The molecule has 1 aliphatic rings. The molecule has 1 unspecified atom stereocenters. The highest BCUT2D eigenvalue weighted by Gasteiger charge is 2.48. The third-order valence-electron chi connectivity index (χ3n) is 5.92. The third kappa shape index (κ3) is 11.6. The van der Waals surface area contributed by atoms with Gasteiger partial charge in [-0.1, -0.05) is 6.07 Å². The Morgan fingerprint density at radius 3 is 2.53 bits per heavy atom. The van der Waals surface area contributed by atoms with E-state index in [9.17, 15) is 44.3 Å². The summed E-state index contributed by atoms with van der Waals surface area (Å²) in [5, 5.41) is 43.9. The van der Waals surface area contributed by atoms with E-state index in [0.29, 0.717) is 5.56 Å². The molecular weight excluding hydrogens is 621 g/mol. The third-order valence-corrected chi connectivity index (χ3v) is 7.34. The zero-order valence-electron chi connectivity index (χ0n) is 24.4. The number of alkyl carbamates (subject to hydrolysis) is 1. The van der Waals surface area contributed by atoms with E-state index in [-0.39, 0.29) is 37.7 Å². The standard InChI is InChI=1S/C26H38N5O13P/c1-3-42-45(39,40)21-12-16(31-25(27)28)22(30-14(2)33)24(43-21)23(19(36)13-32)44-26(38)29-9-4-10-41-20(37)8-6-15-5-7-17(34)18(35)11-15/h5-8,11-12,16,19,22-24,32,34-36H,3-4,9-10,13H2,1-2H3,(H,29,38)(H,30,33)(H,39,40)(H4,27,28,31)/b8-6+/t16-,19+,22+,23+,24+/m0/s1. The lowest BCUT2D eigenvalue weighted by Crippen LogP contribution is -2.60. The molecule has 0 aliphatic carbocycles. The van der Waals surface area contributed by atoms with Gasteiger partial charge in [-0.05, 0) is 43.2 Å². The SMILES string of the molecule is CCOP(=O)(O)C1=C[C@H](N=C(N)N)[C@@H](NC(C)=O)[C@H]([C@H](OC(=O)NCCCOC(=O)/C=C/c2ccc(O)c(O)c2)[C@H](O)CO)O1. The van der Waals surface area contributed by atoms with Gasteiger partial charge in [-0.3, -0.25) is 9.36 Å². The number of phenols is 2. The van der Waals surface area contributed by atoms with Crippen LogP contribution in [0.1, 0.15) is 25.8 Å². The van der Waals surface area contributed by atoms with E-state index in [4.69, 9.17) is 30.2 Å². The fourth-order valence-electron chi connectivity index (χ4n) is 3.98. The molecular formula is C26H38N5O13P. The van der Waals surface area contributed by atoms with Gasteiger partial charge in [0, 0.05) is 19.5 Å². The number of amides is 2. The second-order valence-electron chi connectivity index (χ2n) is 9.45. The highest BCUT2D eigenvalue weighted by Crippen LogP contribution is 2.53. The van der Waals surface area contributed by atoms with Crippen LogP contribution in [0.15, 0.2) is 40.8 Å². The number of aliphatic hydroxyl groups excluding tert-OH is 2. The van der Waals surface area contributed by atoms with Gasteiger partial charge in [-0.2, -0.15) is 0 Å². The molecule has 0 radical (unpaired) electrons. The Bertz CT molecular complexity index is 1330. The quantitative estimate of drug-likeness (QED) is 0.0210. The number of ether oxygens (including phenoxy) is 3. The summed E-state index contributed by atoms with van der Waals surface area (Å²) >= 11 is 0. The summed E-state index contributed by atoms with van der Waals surface area (Å²) in [6.07, 6.45) is -2.69. The van der Waals surface area contributed by atoms with Crippen molar-refractivity contribution in [2.24, 2.45) is 16.5 Å². The fourth-order valence-corrected chi connectivity index (χ4v) is 5.06. The lowest BCUT2D eigenvalue weighted by molar-refractivity contribution is -0.137. The van der Waals surface area contributed by atoms with Crippen LogP contribution in [-0.4, -0.2) is 106 Å². The molecule has 0 bridgehead atoms. The first-order chi connectivity index (χ1) is 21.2. The number of aliphatic imine (C=N–C) groups is 1. The number of hydrogen-bond acceptors (Lipinski definition) is 13. The number of aromatic hydroxyl groups is 2. The number of carbonyl (C=O) groups is 3. The van der Waals surface area contributed by atoms with Gasteiger partial charge in [-0.25, -0.2) is 14.6 Å². The van der Waals surface area contributed by atoms with Crippen LogP contribution >= 0.6 is 7.60 Å². The van der Waals surface area contributed by atoms with Gasteiger partial charge in [0.05, 0.1) is 31.9 Å². The van der Waals surface area contributed by atoms with Gasteiger partial charge >= 0.3 is 19.7 Å². The number of nitrogens with two attached hydrogens (primary N) is 2. The predicted molar refractivity (Wildman–Crippen MR) is 157 cm³/mol. The molecule has 0 saturated heterocycles. The van der Waals surface area contributed by atoms with Crippen molar-refractivity contribution in [2.45, 2.75) is 50.7 Å². The van der Waals surface area contributed by atoms with Crippen molar-refractivity contribution in [3.8, 4) is 11.5 Å². The first kappa shape index (κ1) is 36.8. The molecule has 19 heteroatoms. The molecule has 0 aromatic heterocycles. The minimum absolute atomic E-state index is 0.0811. The molecule has 1 aromatic rings. The van der Waals surface area contributed by atoms with Crippen molar-refractivity contribution in [2.75, 3.05) is 26.4 Å². The molecule has 1 aromatic carbocycles. The Hall–Kier alpha value is -4.35. The van der Waals surface area contributed by atoms with Crippen molar-refractivity contribution in [3.63, 3.8) is 0 Å². The van der Waals surface area contributed by atoms with E-state index in [2.05, 4.69) is 15.6 Å². The van der Waals surface area contributed by atoms with Crippen LogP contribution in [0.4, 0.5) is 4.79 Å². The van der Waals surface area contributed by atoms with E-state index in [0.717, 1.165) is 19.1 Å². The topological polar surface area (TPSA) is 295 Å². The van der Waals surface area contributed by atoms with E-state index in [1.54, 1.807) is 0 Å². The van der Waals surface area contributed by atoms with Crippen LogP contribution in [0.3, 0.4) is 0 Å². The molecule has 0 fully saturated rings. The van der Waals surface area contributed by atoms with Crippen molar-refractivity contribution >= 4 is 37.6 Å². The minimum Gasteiger partial charge on any atom is -0.504 e. The highest BCUT2D eigenvalue weighted by molar-refractivity contribution is 7.57. The monoisotopic (exact) mass is 659 g/mol. The van der Waals surface area contributed by atoms with Crippen LogP contribution in [0, 0.1) is 0 Å². The van der Waals surface area contributed by atoms with Crippen molar-refractivity contribution in [1.82, 2.24) is 10.6 Å². The van der Waals surface area contributed by atoms with Crippen LogP contribution < -0.4 is 22.1 Å². The maximum absolute atomic E-state index is 12.8. The number of carbonyl (C=O) groups excluding carboxylic acids is 3. The molecule has 2 amide bonds. The minimum atomic E-state index is -4.61.